The Balaban J connectivity index is 2.79. The fourth-order valence-corrected chi connectivity index (χ4v) is 4.13. The minimum atomic E-state index is -3.49. The average molecular weight is 278 g/mol. The molecule has 0 saturated heterocycles. The molecule has 0 unspecified atom stereocenters. The maximum atomic E-state index is 12.2. The molecule has 0 atom stereocenters. The lowest BCUT2D eigenvalue weighted by Gasteiger charge is -2.39. The monoisotopic (exact) mass is 278 g/mol. The van der Waals surface area contributed by atoms with Gasteiger partial charge in [-0.3, -0.25) is 0 Å². The lowest BCUT2D eigenvalue weighted by Crippen LogP contribution is -2.56. The molecule has 0 radical (unpaired) electrons. The minimum absolute atomic E-state index is 0.125. The van der Waals surface area contributed by atoms with Crippen LogP contribution in [0.15, 0.2) is 0 Å². The third kappa shape index (κ3) is 3.66. The van der Waals surface area contributed by atoms with Gasteiger partial charge in [0.1, 0.15) is 0 Å². The van der Waals surface area contributed by atoms with E-state index in [1.807, 2.05) is 13.8 Å². The third-order valence-electron chi connectivity index (χ3n) is 3.92. The van der Waals surface area contributed by atoms with Crippen molar-refractivity contribution in [2.24, 2.45) is 5.92 Å². The summed E-state index contributed by atoms with van der Waals surface area (Å²) in [5, 5.41) is 9.57. The topological polar surface area (TPSA) is 69.6 Å². The molecule has 18 heavy (non-hydrogen) atoms. The molecule has 0 aliphatic heterocycles. The van der Waals surface area contributed by atoms with Crippen molar-refractivity contribution in [3.63, 3.8) is 0 Å². The molecule has 5 nitrogen and oxygen atoms in total. The Kier molecular flexibility index (Phi) is 5.58. The second kappa shape index (κ2) is 6.32. The summed E-state index contributed by atoms with van der Waals surface area (Å²) in [5.74, 6) is 0.614. The van der Waals surface area contributed by atoms with Crippen LogP contribution in [-0.4, -0.2) is 43.1 Å². The van der Waals surface area contributed by atoms with Crippen molar-refractivity contribution in [2.45, 2.75) is 52.0 Å². The summed E-state index contributed by atoms with van der Waals surface area (Å²) >= 11 is 0. The molecule has 0 aromatic heterocycles. The van der Waals surface area contributed by atoms with Crippen LogP contribution in [0.25, 0.3) is 0 Å². The zero-order valence-electron chi connectivity index (χ0n) is 11.6. The Labute approximate surface area is 111 Å². The lowest BCUT2D eigenvalue weighted by atomic mass is 9.78. The van der Waals surface area contributed by atoms with Gasteiger partial charge in [-0.05, 0) is 31.6 Å². The molecule has 2 N–H and O–H groups in total. The molecule has 1 saturated carbocycles. The van der Waals surface area contributed by atoms with Gasteiger partial charge in [0.25, 0.3) is 10.2 Å². The highest BCUT2D eigenvalue weighted by atomic mass is 32.2. The summed E-state index contributed by atoms with van der Waals surface area (Å²) in [5.41, 5.74) is -0.659. The van der Waals surface area contributed by atoms with Gasteiger partial charge in [-0.15, -0.1) is 0 Å². The quantitative estimate of drug-likeness (QED) is 0.764. The second-order valence-electron chi connectivity index (χ2n) is 5.31. The Morgan fingerprint density at radius 2 is 1.78 bits per heavy atom. The molecule has 0 aromatic rings. The summed E-state index contributed by atoms with van der Waals surface area (Å²) in [4.78, 5) is 0. The number of nitrogens with zero attached hydrogens (tertiary/aromatic N) is 1. The normalized spacial score (nSPS) is 29.7. The number of hydrogen-bond donors (Lipinski definition) is 2. The van der Waals surface area contributed by atoms with Gasteiger partial charge in [0, 0.05) is 13.1 Å². The van der Waals surface area contributed by atoms with Crippen LogP contribution in [0.2, 0.25) is 0 Å². The lowest BCUT2D eigenvalue weighted by molar-refractivity contribution is 0.123. The molecule has 0 heterocycles. The van der Waals surface area contributed by atoms with E-state index >= 15 is 0 Å². The molecule has 1 aliphatic rings. The highest BCUT2D eigenvalue weighted by Gasteiger charge is 2.38. The van der Waals surface area contributed by atoms with Crippen LogP contribution in [0.3, 0.4) is 0 Å². The maximum absolute atomic E-state index is 12.2. The Morgan fingerprint density at radius 1 is 1.28 bits per heavy atom. The van der Waals surface area contributed by atoms with Crippen molar-refractivity contribution < 1.29 is 13.5 Å². The molecular formula is C12H26N2O3S. The van der Waals surface area contributed by atoms with Gasteiger partial charge in [0.2, 0.25) is 0 Å². The van der Waals surface area contributed by atoms with E-state index in [2.05, 4.69) is 11.6 Å². The number of aliphatic hydroxyl groups is 1. The Bertz CT molecular complexity index is 344. The fraction of sp³-hybridized carbons (Fsp3) is 1.00. The summed E-state index contributed by atoms with van der Waals surface area (Å²) < 4.78 is 28.5. The van der Waals surface area contributed by atoms with E-state index in [1.165, 1.54) is 4.31 Å². The van der Waals surface area contributed by atoms with Gasteiger partial charge in [-0.1, -0.05) is 20.8 Å². The van der Waals surface area contributed by atoms with E-state index in [0.717, 1.165) is 12.8 Å². The average Bonchev–Trinajstić information content (AvgIpc) is 2.33. The van der Waals surface area contributed by atoms with Crippen LogP contribution in [0.5, 0.6) is 0 Å². The molecule has 6 heteroatoms. The van der Waals surface area contributed by atoms with Crippen molar-refractivity contribution in [3.05, 3.63) is 0 Å². The van der Waals surface area contributed by atoms with Crippen LogP contribution in [0, 0.1) is 5.92 Å². The summed E-state index contributed by atoms with van der Waals surface area (Å²) in [7, 11) is -3.49. The smallest absolute Gasteiger partial charge is 0.280 e. The van der Waals surface area contributed by atoms with Crippen LogP contribution in [0.1, 0.15) is 46.5 Å². The van der Waals surface area contributed by atoms with E-state index in [1.54, 1.807) is 0 Å². The number of aliphatic hydroxyl groups excluding tert-OH is 1. The standard InChI is InChI=1S/C12H26N2O3S/c1-4-14(5-2)18(16,17)13-12(10-15)8-6-11(3)7-9-12/h11,13,15H,4-10H2,1-3H3. The first-order valence-electron chi connectivity index (χ1n) is 6.79. The van der Waals surface area contributed by atoms with Gasteiger partial charge < -0.3 is 5.11 Å². The first-order valence-corrected chi connectivity index (χ1v) is 8.23. The van der Waals surface area contributed by atoms with Crippen LogP contribution in [-0.2, 0) is 10.2 Å². The van der Waals surface area contributed by atoms with E-state index in [-0.39, 0.29) is 6.61 Å². The van der Waals surface area contributed by atoms with Crippen molar-refractivity contribution >= 4 is 10.2 Å². The van der Waals surface area contributed by atoms with Crippen molar-refractivity contribution in [1.82, 2.24) is 9.03 Å². The second-order valence-corrected chi connectivity index (χ2v) is 6.98. The highest BCUT2D eigenvalue weighted by Crippen LogP contribution is 2.32. The first kappa shape index (κ1) is 15.9. The first-order chi connectivity index (χ1) is 8.39. The van der Waals surface area contributed by atoms with E-state index < -0.39 is 15.7 Å². The third-order valence-corrected chi connectivity index (χ3v) is 5.81. The van der Waals surface area contributed by atoms with Crippen molar-refractivity contribution in [3.8, 4) is 0 Å². The molecule has 0 bridgehead atoms. The van der Waals surface area contributed by atoms with Gasteiger partial charge >= 0.3 is 0 Å². The largest absolute Gasteiger partial charge is 0.394 e. The minimum Gasteiger partial charge on any atom is -0.394 e. The Hall–Kier alpha value is -0.170. The number of rotatable bonds is 6. The summed E-state index contributed by atoms with van der Waals surface area (Å²) in [6, 6.07) is 0. The zero-order valence-corrected chi connectivity index (χ0v) is 12.5. The zero-order chi connectivity index (χ0) is 13.8. The maximum Gasteiger partial charge on any atom is 0.280 e. The van der Waals surface area contributed by atoms with Gasteiger partial charge in [0.05, 0.1) is 12.1 Å². The molecular weight excluding hydrogens is 252 g/mol. The SMILES string of the molecule is CCN(CC)S(=O)(=O)NC1(CO)CCC(C)CC1. The summed E-state index contributed by atoms with van der Waals surface area (Å²) in [6.45, 7) is 6.57. The fourth-order valence-electron chi connectivity index (χ4n) is 2.51. The number of nitrogens with one attached hydrogen (secondary N) is 1. The van der Waals surface area contributed by atoms with Crippen molar-refractivity contribution in [2.75, 3.05) is 19.7 Å². The van der Waals surface area contributed by atoms with Crippen molar-refractivity contribution in [1.29, 1.82) is 0 Å². The van der Waals surface area contributed by atoms with E-state index in [0.29, 0.717) is 31.8 Å². The molecule has 108 valence electrons. The van der Waals surface area contributed by atoms with Crippen LogP contribution in [0.4, 0.5) is 0 Å². The number of hydrogen-bond acceptors (Lipinski definition) is 3. The van der Waals surface area contributed by atoms with Crippen LogP contribution >= 0.6 is 0 Å². The van der Waals surface area contributed by atoms with E-state index in [9.17, 15) is 13.5 Å². The van der Waals surface area contributed by atoms with Gasteiger partial charge in [0.15, 0.2) is 0 Å². The van der Waals surface area contributed by atoms with Gasteiger partial charge in [-0.2, -0.15) is 17.4 Å². The molecule has 1 fully saturated rings. The predicted octanol–water partition coefficient (Wildman–Crippen LogP) is 1.10. The summed E-state index contributed by atoms with van der Waals surface area (Å²) in [6.07, 6.45) is 3.35. The van der Waals surface area contributed by atoms with Crippen LogP contribution < -0.4 is 4.72 Å². The Morgan fingerprint density at radius 3 is 2.17 bits per heavy atom. The molecule has 0 aromatic carbocycles. The molecule has 1 aliphatic carbocycles. The molecule has 0 spiro atoms. The predicted molar refractivity (Wildman–Crippen MR) is 72.4 cm³/mol. The molecule has 0 amide bonds. The van der Waals surface area contributed by atoms with Gasteiger partial charge in [-0.25, -0.2) is 0 Å². The van der Waals surface area contributed by atoms with E-state index in [4.69, 9.17) is 0 Å². The molecule has 1 rings (SSSR count). The highest BCUT2D eigenvalue weighted by molar-refractivity contribution is 7.87.